The van der Waals surface area contributed by atoms with E-state index in [1.54, 1.807) is 12.4 Å². The molecule has 0 atom stereocenters. The van der Waals surface area contributed by atoms with Crippen molar-refractivity contribution < 1.29 is 4.79 Å². The maximum Gasteiger partial charge on any atom is 0.263 e. The molecule has 4 rings (SSSR count). The number of carbonyl (C=O) groups is 1. The van der Waals surface area contributed by atoms with Crippen LogP contribution in [0.4, 0.5) is 5.95 Å². The topological polar surface area (TPSA) is 74.2 Å². The normalized spacial score (nSPS) is 14.5. The zero-order valence-corrected chi connectivity index (χ0v) is 18.6. The lowest BCUT2D eigenvalue weighted by Crippen LogP contribution is -2.47. The summed E-state index contributed by atoms with van der Waals surface area (Å²) in [6.07, 6.45) is 5.27. The molecule has 3 heterocycles. The average molecular weight is 437 g/mol. The van der Waals surface area contributed by atoms with Crippen molar-refractivity contribution in [2.75, 3.05) is 44.2 Å². The summed E-state index contributed by atoms with van der Waals surface area (Å²) in [5.74, 6) is 0.793. The molecule has 162 valence electrons. The van der Waals surface area contributed by atoms with Gasteiger partial charge in [-0.15, -0.1) is 11.3 Å². The molecule has 1 saturated heterocycles. The smallest absolute Gasteiger partial charge is 0.263 e. The van der Waals surface area contributed by atoms with Gasteiger partial charge < -0.3 is 10.2 Å². The van der Waals surface area contributed by atoms with Gasteiger partial charge in [0.25, 0.3) is 5.91 Å². The highest BCUT2D eigenvalue weighted by molar-refractivity contribution is 7.13. The van der Waals surface area contributed by atoms with Crippen LogP contribution in [0.25, 0.3) is 0 Å². The van der Waals surface area contributed by atoms with Crippen molar-refractivity contribution >= 4 is 23.2 Å². The highest BCUT2D eigenvalue weighted by Crippen LogP contribution is 2.21. The standard InChI is InChI=1S/C23H28N6OS/c1-18-21(31-20(27-18)17-19-7-3-2-4-8-19)22(30)24-11-6-12-28-13-15-29(16-14-28)23-25-9-5-10-26-23/h2-5,7-10H,6,11-17H2,1H3,(H,24,30). The summed E-state index contributed by atoms with van der Waals surface area (Å²) in [4.78, 5) is 31.2. The number of benzene rings is 1. The summed E-state index contributed by atoms with van der Waals surface area (Å²) >= 11 is 1.50. The van der Waals surface area contributed by atoms with E-state index in [2.05, 4.69) is 42.2 Å². The third-order valence-electron chi connectivity index (χ3n) is 5.39. The van der Waals surface area contributed by atoms with Crippen LogP contribution in [0.15, 0.2) is 48.8 Å². The number of nitrogens with zero attached hydrogens (tertiary/aromatic N) is 5. The Kier molecular flexibility index (Phi) is 7.22. The Morgan fingerprint density at radius 3 is 2.55 bits per heavy atom. The molecule has 0 radical (unpaired) electrons. The number of rotatable bonds is 8. The van der Waals surface area contributed by atoms with Crippen LogP contribution in [0.3, 0.4) is 0 Å². The number of hydrogen-bond donors (Lipinski definition) is 1. The van der Waals surface area contributed by atoms with Crippen molar-refractivity contribution in [3.8, 4) is 0 Å². The predicted molar refractivity (Wildman–Crippen MR) is 124 cm³/mol. The maximum absolute atomic E-state index is 12.6. The van der Waals surface area contributed by atoms with E-state index in [9.17, 15) is 4.79 Å². The molecule has 31 heavy (non-hydrogen) atoms. The molecule has 0 aliphatic carbocycles. The maximum atomic E-state index is 12.6. The largest absolute Gasteiger partial charge is 0.351 e. The van der Waals surface area contributed by atoms with Gasteiger partial charge in [-0.05, 0) is 31.5 Å². The van der Waals surface area contributed by atoms with Gasteiger partial charge in [0.2, 0.25) is 5.95 Å². The molecular formula is C23H28N6OS. The molecule has 1 aliphatic rings. The lowest BCUT2D eigenvalue weighted by molar-refractivity contribution is 0.0954. The fourth-order valence-corrected chi connectivity index (χ4v) is 4.74. The Hall–Kier alpha value is -2.84. The molecule has 0 bridgehead atoms. The van der Waals surface area contributed by atoms with E-state index in [-0.39, 0.29) is 5.91 Å². The van der Waals surface area contributed by atoms with Crippen molar-refractivity contribution in [3.05, 3.63) is 69.9 Å². The first-order valence-corrected chi connectivity index (χ1v) is 11.5. The van der Waals surface area contributed by atoms with E-state index in [0.717, 1.165) is 67.1 Å². The quantitative estimate of drug-likeness (QED) is 0.548. The second-order valence-electron chi connectivity index (χ2n) is 7.67. The van der Waals surface area contributed by atoms with E-state index >= 15 is 0 Å². The van der Waals surface area contributed by atoms with E-state index < -0.39 is 0 Å². The van der Waals surface area contributed by atoms with Crippen LogP contribution in [0.1, 0.15) is 32.4 Å². The Morgan fingerprint density at radius 2 is 1.81 bits per heavy atom. The van der Waals surface area contributed by atoms with Crippen molar-refractivity contribution in [2.24, 2.45) is 0 Å². The van der Waals surface area contributed by atoms with E-state index in [1.807, 2.05) is 31.2 Å². The minimum absolute atomic E-state index is 0.0136. The molecule has 0 saturated carbocycles. The summed E-state index contributed by atoms with van der Waals surface area (Å²) in [6.45, 7) is 7.40. The van der Waals surface area contributed by atoms with Crippen LogP contribution < -0.4 is 10.2 Å². The number of hydrogen-bond acceptors (Lipinski definition) is 7. The Morgan fingerprint density at radius 1 is 1.06 bits per heavy atom. The highest BCUT2D eigenvalue weighted by atomic mass is 32.1. The number of aryl methyl sites for hydroxylation is 1. The van der Waals surface area contributed by atoms with Crippen molar-refractivity contribution in [3.63, 3.8) is 0 Å². The van der Waals surface area contributed by atoms with Crippen LogP contribution >= 0.6 is 11.3 Å². The molecule has 3 aromatic rings. The number of amides is 1. The van der Waals surface area contributed by atoms with Gasteiger partial charge >= 0.3 is 0 Å². The van der Waals surface area contributed by atoms with Gasteiger partial charge in [0, 0.05) is 51.5 Å². The number of piperazine rings is 1. The summed E-state index contributed by atoms with van der Waals surface area (Å²) in [5.41, 5.74) is 2.02. The third kappa shape index (κ3) is 5.86. The number of nitrogens with one attached hydrogen (secondary N) is 1. The second-order valence-corrected chi connectivity index (χ2v) is 8.76. The van der Waals surface area contributed by atoms with Gasteiger partial charge in [0.1, 0.15) is 4.88 Å². The van der Waals surface area contributed by atoms with Crippen LogP contribution in [0.2, 0.25) is 0 Å². The first-order valence-electron chi connectivity index (χ1n) is 10.7. The van der Waals surface area contributed by atoms with Crippen LogP contribution in [-0.4, -0.2) is 65.0 Å². The van der Waals surface area contributed by atoms with Gasteiger partial charge in [-0.2, -0.15) is 0 Å². The molecule has 2 aromatic heterocycles. The number of carbonyl (C=O) groups excluding carboxylic acids is 1. The lowest BCUT2D eigenvalue weighted by Gasteiger charge is -2.34. The van der Waals surface area contributed by atoms with Crippen LogP contribution in [0.5, 0.6) is 0 Å². The van der Waals surface area contributed by atoms with Gasteiger partial charge in [-0.25, -0.2) is 15.0 Å². The molecule has 1 aliphatic heterocycles. The molecule has 8 heteroatoms. The zero-order valence-electron chi connectivity index (χ0n) is 17.8. The number of thiazole rings is 1. The molecule has 1 N–H and O–H groups in total. The van der Waals surface area contributed by atoms with Gasteiger partial charge in [-0.1, -0.05) is 30.3 Å². The van der Waals surface area contributed by atoms with Crippen molar-refractivity contribution in [2.45, 2.75) is 19.8 Å². The Balaban J connectivity index is 1.18. The third-order valence-corrected chi connectivity index (χ3v) is 6.55. The van der Waals surface area contributed by atoms with E-state index in [0.29, 0.717) is 6.54 Å². The van der Waals surface area contributed by atoms with E-state index in [4.69, 9.17) is 0 Å². The Labute approximate surface area is 187 Å². The molecule has 0 unspecified atom stereocenters. The average Bonchev–Trinajstić information content (AvgIpc) is 3.18. The molecule has 0 spiro atoms. The van der Waals surface area contributed by atoms with Gasteiger partial charge in [0.15, 0.2) is 0 Å². The highest BCUT2D eigenvalue weighted by Gasteiger charge is 2.19. The first-order chi connectivity index (χ1) is 15.2. The minimum atomic E-state index is -0.0136. The summed E-state index contributed by atoms with van der Waals surface area (Å²) in [5, 5.41) is 4.05. The fraction of sp³-hybridized carbons (Fsp3) is 0.391. The van der Waals surface area contributed by atoms with Crippen molar-refractivity contribution in [1.29, 1.82) is 0 Å². The SMILES string of the molecule is Cc1nc(Cc2ccccc2)sc1C(=O)NCCCN1CCN(c2ncccn2)CC1. The molecule has 1 amide bonds. The molecular weight excluding hydrogens is 408 g/mol. The molecule has 1 fully saturated rings. The van der Waals surface area contributed by atoms with Gasteiger partial charge in [-0.3, -0.25) is 9.69 Å². The van der Waals surface area contributed by atoms with Crippen LogP contribution in [0, 0.1) is 6.92 Å². The molecule has 1 aromatic carbocycles. The summed E-state index contributed by atoms with van der Waals surface area (Å²) in [7, 11) is 0. The Bertz CT molecular complexity index is 970. The number of anilines is 1. The summed E-state index contributed by atoms with van der Waals surface area (Å²) < 4.78 is 0. The second kappa shape index (κ2) is 10.5. The lowest BCUT2D eigenvalue weighted by atomic mass is 10.2. The summed E-state index contributed by atoms with van der Waals surface area (Å²) in [6, 6.07) is 12.1. The first kappa shape index (κ1) is 21.4. The van der Waals surface area contributed by atoms with Gasteiger partial charge in [0.05, 0.1) is 10.7 Å². The van der Waals surface area contributed by atoms with E-state index in [1.165, 1.54) is 16.9 Å². The molecule has 7 nitrogen and oxygen atoms in total. The fourth-order valence-electron chi connectivity index (χ4n) is 3.72. The monoisotopic (exact) mass is 436 g/mol. The predicted octanol–water partition coefficient (Wildman–Crippen LogP) is 2.77. The minimum Gasteiger partial charge on any atom is -0.351 e. The van der Waals surface area contributed by atoms with Crippen molar-refractivity contribution in [1.82, 2.24) is 25.2 Å². The zero-order chi connectivity index (χ0) is 21.5. The number of aromatic nitrogens is 3. The van der Waals surface area contributed by atoms with Crippen LogP contribution in [-0.2, 0) is 6.42 Å².